The minimum absolute atomic E-state index is 0.0222. The predicted octanol–water partition coefficient (Wildman–Crippen LogP) is 3.85. The molecule has 132 valence electrons. The summed E-state index contributed by atoms with van der Waals surface area (Å²) < 4.78 is 16.3. The minimum atomic E-state index is 0.0222. The lowest BCUT2D eigenvalue weighted by Crippen LogP contribution is -2.18. The number of hydrogen-bond donors (Lipinski definition) is 0. The smallest absolute Gasteiger partial charge is 0.181 e. The van der Waals surface area contributed by atoms with Crippen molar-refractivity contribution in [3.63, 3.8) is 0 Å². The van der Waals surface area contributed by atoms with Gasteiger partial charge in [0.2, 0.25) is 0 Å². The molecule has 3 heterocycles. The first-order valence-electron chi connectivity index (χ1n) is 8.57. The van der Waals surface area contributed by atoms with Crippen LogP contribution in [0.25, 0.3) is 22.3 Å². The Morgan fingerprint density at radius 2 is 2.28 bits per heavy atom. The van der Waals surface area contributed by atoms with Crippen molar-refractivity contribution >= 4 is 33.5 Å². The van der Waals surface area contributed by atoms with E-state index in [0.717, 1.165) is 37.4 Å². The fourth-order valence-corrected chi connectivity index (χ4v) is 4.01. The first-order valence-corrected chi connectivity index (χ1v) is 9.64. The molecule has 25 heavy (non-hydrogen) atoms. The van der Waals surface area contributed by atoms with Crippen LogP contribution in [0.4, 0.5) is 0 Å². The monoisotopic (exact) mass is 452 g/mol. The molecule has 1 aromatic carbocycles. The number of halogens is 1. The molecule has 0 bridgehead atoms. The molecule has 0 radical (unpaired) electrons. The summed E-state index contributed by atoms with van der Waals surface area (Å²) in [4.78, 5) is 4.50. The van der Waals surface area contributed by atoms with Crippen molar-refractivity contribution in [3.05, 3.63) is 34.3 Å². The quantitative estimate of drug-likeness (QED) is 0.552. The molecular weight excluding hydrogens is 431 g/mol. The van der Waals surface area contributed by atoms with E-state index in [2.05, 4.69) is 61.6 Å². The molecule has 6 nitrogen and oxygen atoms in total. The van der Waals surface area contributed by atoms with Crippen molar-refractivity contribution in [2.45, 2.75) is 32.0 Å². The lowest BCUT2D eigenvalue weighted by Gasteiger charge is -2.21. The summed E-state index contributed by atoms with van der Waals surface area (Å²) in [6, 6.07) is 6.39. The zero-order valence-corrected chi connectivity index (χ0v) is 16.3. The molecule has 0 spiro atoms. The van der Waals surface area contributed by atoms with Gasteiger partial charge in [-0.05, 0) is 60.1 Å². The molecule has 0 saturated carbocycles. The largest absolute Gasteiger partial charge is 0.383 e. The van der Waals surface area contributed by atoms with E-state index in [1.54, 1.807) is 13.4 Å². The third-order valence-corrected chi connectivity index (χ3v) is 5.45. The zero-order valence-electron chi connectivity index (χ0n) is 14.2. The molecule has 3 aromatic rings. The average Bonchev–Trinajstić information content (AvgIpc) is 3.26. The van der Waals surface area contributed by atoms with Gasteiger partial charge >= 0.3 is 0 Å². The van der Waals surface area contributed by atoms with Gasteiger partial charge in [-0.3, -0.25) is 0 Å². The van der Waals surface area contributed by atoms with Crippen molar-refractivity contribution in [1.82, 2.24) is 19.3 Å². The predicted molar refractivity (Wildman–Crippen MR) is 104 cm³/mol. The van der Waals surface area contributed by atoms with Gasteiger partial charge in [-0.1, -0.05) is 0 Å². The van der Waals surface area contributed by atoms with Gasteiger partial charge in [0.15, 0.2) is 12.1 Å². The van der Waals surface area contributed by atoms with Gasteiger partial charge in [0.1, 0.15) is 6.33 Å². The fourth-order valence-electron chi connectivity index (χ4n) is 3.25. The van der Waals surface area contributed by atoms with E-state index in [9.17, 15) is 0 Å². The van der Waals surface area contributed by atoms with Crippen LogP contribution in [0.3, 0.4) is 0 Å². The molecular formula is C18H21IN4O2. The Kier molecular flexibility index (Phi) is 5.05. The van der Waals surface area contributed by atoms with Gasteiger partial charge in [0.05, 0.1) is 6.61 Å². The van der Waals surface area contributed by atoms with Crippen LogP contribution in [0.15, 0.2) is 30.7 Å². The second-order valence-corrected chi connectivity index (χ2v) is 7.43. The van der Waals surface area contributed by atoms with E-state index in [4.69, 9.17) is 9.47 Å². The number of benzene rings is 1. The maximum Gasteiger partial charge on any atom is 0.181 e. The van der Waals surface area contributed by atoms with Crippen LogP contribution in [0.1, 0.15) is 25.5 Å². The summed E-state index contributed by atoms with van der Waals surface area (Å²) in [6.07, 6.45) is 7.28. The normalized spacial score (nSPS) is 18.1. The number of rotatable bonds is 5. The summed E-state index contributed by atoms with van der Waals surface area (Å²) in [6.45, 7) is 2.36. The lowest BCUT2D eigenvalue weighted by molar-refractivity contribution is -0.0395. The second-order valence-electron chi connectivity index (χ2n) is 6.26. The van der Waals surface area contributed by atoms with E-state index in [1.807, 2.05) is 4.68 Å². The zero-order chi connectivity index (χ0) is 17.2. The van der Waals surface area contributed by atoms with E-state index in [-0.39, 0.29) is 6.23 Å². The topological polar surface area (TPSA) is 54.1 Å². The molecule has 0 N–H and O–H groups in total. The van der Waals surface area contributed by atoms with Crippen molar-refractivity contribution < 1.29 is 9.47 Å². The van der Waals surface area contributed by atoms with Gasteiger partial charge in [-0.2, -0.15) is 0 Å². The van der Waals surface area contributed by atoms with E-state index < -0.39 is 0 Å². The highest BCUT2D eigenvalue weighted by molar-refractivity contribution is 14.1. The van der Waals surface area contributed by atoms with Gasteiger partial charge in [0, 0.05) is 46.5 Å². The molecule has 1 aliphatic rings. The number of ether oxygens (including phenoxy) is 2. The Morgan fingerprint density at radius 3 is 3.08 bits per heavy atom. The highest BCUT2D eigenvalue weighted by Crippen LogP contribution is 2.28. The first-order chi connectivity index (χ1) is 12.3. The van der Waals surface area contributed by atoms with Crippen LogP contribution >= 0.6 is 22.6 Å². The highest BCUT2D eigenvalue weighted by atomic mass is 127. The molecule has 1 saturated heterocycles. The number of nitrogens with zero attached hydrogens (tertiary/aromatic N) is 4. The SMILES string of the molecule is COCCn1cc(I)c2cc(-c3ncn(C4CCCCO4)n3)ccc21. The molecule has 1 unspecified atom stereocenters. The van der Waals surface area contributed by atoms with E-state index in [1.165, 1.54) is 20.9 Å². The van der Waals surface area contributed by atoms with Gasteiger partial charge < -0.3 is 14.0 Å². The number of hydrogen-bond acceptors (Lipinski definition) is 4. The molecule has 1 aliphatic heterocycles. The van der Waals surface area contributed by atoms with Crippen LogP contribution in [-0.2, 0) is 16.0 Å². The molecule has 4 rings (SSSR count). The van der Waals surface area contributed by atoms with E-state index >= 15 is 0 Å². The number of fused-ring (bicyclic) bond motifs is 1. The van der Waals surface area contributed by atoms with Crippen molar-refractivity contribution in [2.24, 2.45) is 0 Å². The average molecular weight is 452 g/mol. The Labute approximate surface area is 160 Å². The maximum atomic E-state index is 5.79. The Hall–Kier alpha value is -1.45. The Balaban J connectivity index is 1.63. The summed E-state index contributed by atoms with van der Waals surface area (Å²) >= 11 is 2.38. The lowest BCUT2D eigenvalue weighted by atomic mass is 10.1. The maximum absolute atomic E-state index is 5.79. The van der Waals surface area contributed by atoms with Crippen molar-refractivity contribution in [1.29, 1.82) is 0 Å². The van der Waals surface area contributed by atoms with Crippen LogP contribution in [-0.4, -0.2) is 39.7 Å². The molecule has 0 aliphatic carbocycles. The van der Waals surface area contributed by atoms with Crippen LogP contribution in [0, 0.1) is 3.57 Å². The standard InChI is InChI=1S/C18H21IN4O2/c1-24-9-7-22-11-15(19)14-10-13(5-6-16(14)22)18-20-12-23(21-18)17-4-2-3-8-25-17/h5-6,10-12,17H,2-4,7-9H2,1H3. The summed E-state index contributed by atoms with van der Waals surface area (Å²) in [5, 5.41) is 5.87. The van der Waals surface area contributed by atoms with Crippen LogP contribution in [0.2, 0.25) is 0 Å². The second kappa shape index (κ2) is 7.43. The third kappa shape index (κ3) is 3.45. The summed E-state index contributed by atoms with van der Waals surface area (Å²) in [5.74, 6) is 0.747. The minimum Gasteiger partial charge on any atom is -0.383 e. The third-order valence-electron chi connectivity index (χ3n) is 4.59. The van der Waals surface area contributed by atoms with Crippen LogP contribution in [0.5, 0.6) is 0 Å². The molecule has 0 amide bonds. The summed E-state index contributed by atoms with van der Waals surface area (Å²) in [5.41, 5.74) is 2.24. The fraction of sp³-hybridized carbons (Fsp3) is 0.444. The molecule has 2 aromatic heterocycles. The van der Waals surface area contributed by atoms with Gasteiger partial charge in [-0.25, -0.2) is 9.67 Å². The van der Waals surface area contributed by atoms with Crippen LogP contribution < -0.4 is 0 Å². The Morgan fingerprint density at radius 1 is 1.36 bits per heavy atom. The molecule has 7 heteroatoms. The van der Waals surface area contributed by atoms with E-state index in [0.29, 0.717) is 6.61 Å². The summed E-state index contributed by atoms with van der Waals surface area (Å²) in [7, 11) is 1.73. The van der Waals surface area contributed by atoms with Gasteiger partial charge in [-0.15, -0.1) is 5.10 Å². The highest BCUT2D eigenvalue weighted by Gasteiger charge is 2.18. The molecule has 1 atom stereocenters. The molecule has 1 fully saturated rings. The van der Waals surface area contributed by atoms with Crippen molar-refractivity contribution in [3.8, 4) is 11.4 Å². The first kappa shape index (κ1) is 17.0. The number of aromatic nitrogens is 4. The number of methoxy groups -OCH3 is 1. The Bertz CT molecular complexity index is 867. The van der Waals surface area contributed by atoms with Crippen molar-refractivity contribution in [2.75, 3.05) is 20.3 Å². The van der Waals surface area contributed by atoms with Gasteiger partial charge in [0.25, 0.3) is 0 Å².